The average Bonchev–Trinajstić information content (AvgIpc) is 4.08. The van der Waals surface area contributed by atoms with E-state index in [1.54, 1.807) is 0 Å². The lowest BCUT2D eigenvalue weighted by Crippen LogP contribution is -2.12. The van der Waals surface area contributed by atoms with Crippen molar-refractivity contribution in [3.63, 3.8) is 0 Å². The summed E-state index contributed by atoms with van der Waals surface area (Å²) in [5.74, 6) is 0. The molecule has 0 amide bonds. The maximum absolute atomic E-state index is 6.94. The molecule has 11 aromatic carbocycles. The molecule has 0 bridgehead atoms. The van der Waals surface area contributed by atoms with Gasteiger partial charge in [-0.05, 0) is 153 Å². The van der Waals surface area contributed by atoms with E-state index in [-0.39, 0.29) is 6.04 Å². The van der Waals surface area contributed by atoms with Gasteiger partial charge in [0, 0.05) is 47.3 Å². The van der Waals surface area contributed by atoms with Crippen LogP contribution in [0.4, 0.5) is 0 Å². The summed E-state index contributed by atoms with van der Waals surface area (Å²) < 4.78 is 12.0. The van der Waals surface area contributed by atoms with Crippen molar-refractivity contribution in [2.75, 3.05) is 0 Å². The van der Waals surface area contributed by atoms with Crippen LogP contribution in [0, 0.1) is 0 Å². The third kappa shape index (κ3) is 7.12. The summed E-state index contributed by atoms with van der Waals surface area (Å²) in [6.45, 7) is 11.4. The molecule has 14 aromatic rings. The molecule has 4 heteroatoms. The van der Waals surface area contributed by atoms with Gasteiger partial charge in [-0.15, -0.1) is 11.3 Å². The van der Waals surface area contributed by atoms with Gasteiger partial charge in [0.2, 0.25) is 0 Å². The molecule has 1 unspecified atom stereocenters. The molecule has 3 nitrogen and oxygen atoms in total. The molecule has 0 fully saturated rings. The van der Waals surface area contributed by atoms with Crippen molar-refractivity contribution in [3.05, 3.63) is 253 Å². The predicted molar refractivity (Wildman–Crippen MR) is 314 cm³/mol. The summed E-state index contributed by atoms with van der Waals surface area (Å²) in [4.78, 5) is 6.03. The van der Waals surface area contributed by atoms with E-state index in [0.29, 0.717) is 0 Å². The summed E-state index contributed by atoms with van der Waals surface area (Å²) in [6, 6.07) is 79.3. The highest BCUT2D eigenvalue weighted by atomic mass is 32.1. The van der Waals surface area contributed by atoms with E-state index in [2.05, 4.69) is 244 Å². The Labute approximate surface area is 426 Å². The normalized spacial score (nSPS) is 13.2. The van der Waals surface area contributed by atoms with Crippen LogP contribution in [0.15, 0.2) is 246 Å². The van der Waals surface area contributed by atoms with E-state index in [0.717, 1.165) is 66.5 Å². The number of hydrogen-bond acceptors (Lipinski definition) is 3. The van der Waals surface area contributed by atoms with Crippen molar-refractivity contribution in [2.24, 2.45) is 4.99 Å². The van der Waals surface area contributed by atoms with Crippen molar-refractivity contribution in [1.29, 1.82) is 0 Å². The minimum Gasteiger partial charge on any atom is -0.456 e. The number of aliphatic imine (C=N–C) groups is 1. The Balaban J connectivity index is 1.06. The molecule has 0 saturated heterocycles. The lowest BCUT2D eigenvalue weighted by Gasteiger charge is -2.22. The van der Waals surface area contributed by atoms with E-state index >= 15 is 0 Å². The molecule has 14 rings (SSSR count). The first kappa shape index (κ1) is 43.0. The van der Waals surface area contributed by atoms with Crippen molar-refractivity contribution in [3.8, 4) is 16.8 Å². The Kier molecular flexibility index (Phi) is 9.96. The first-order valence-electron chi connectivity index (χ1n) is 25.0. The Bertz CT molecular complexity index is 4560. The molecule has 3 aromatic heterocycles. The summed E-state index contributed by atoms with van der Waals surface area (Å²) in [5, 5.41) is 14.2. The minimum atomic E-state index is -0.356. The van der Waals surface area contributed by atoms with E-state index in [1.807, 2.05) is 11.3 Å². The summed E-state index contributed by atoms with van der Waals surface area (Å²) in [6.07, 6.45) is 0. The summed E-state index contributed by atoms with van der Waals surface area (Å²) >= 11 is 1.84. The predicted octanol–water partition coefficient (Wildman–Crippen LogP) is 19.8. The number of thiophene rings is 1. The first-order valence-corrected chi connectivity index (χ1v) is 25.9. The number of nitrogens with zero attached hydrogens (tertiary/aromatic N) is 2. The monoisotopic (exact) mass is 952 g/mol. The quantitative estimate of drug-likeness (QED) is 0.140. The van der Waals surface area contributed by atoms with E-state index < -0.39 is 0 Å². The van der Waals surface area contributed by atoms with E-state index in [4.69, 9.17) is 16.0 Å². The highest BCUT2D eigenvalue weighted by Crippen LogP contribution is 2.44. The molecule has 0 aliphatic rings. The van der Waals surface area contributed by atoms with E-state index in [1.165, 1.54) is 85.7 Å². The van der Waals surface area contributed by atoms with Crippen LogP contribution in [0.1, 0.15) is 43.5 Å². The lowest BCUT2D eigenvalue weighted by molar-refractivity contribution is 0.669. The van der Waals surface area contributed by atoms with Crippen LogP contribution in [-0.4, -0.2) is 10.3 Å². The Morgan fingerprint density at radius 1 is 0.466 bits per heavy atom. The molecule has 73 heavy (non-hydrogen) atoms. The van der Waals surface area contributed by atoms with Gasteiger partial charge in [0.25, 0.3) is 0 Å². The molecule has 0 saturated carbocycles. The zero-order valence-corrected chi connectivity index (χ0v) is 41.6. The van der Waals surface area contributed by atoms with Gasteiger partial charge in [-0.2, -0.15) is 0 Å². The number of hydrogen-bond donors (Lipinski definition) is 0. The molecule has 346 valence electrons. The second-order valence-corrected chi connectivity index (χ2v) is 20.8. The number of furan rings is 1. The van der Waals surface area contributed by atoms with Gasteiger partial charge in [0.05, 0.1) is 28.5 Å². The van der Waals surface area contributed by atoms with Gasteiger partial charge in [0.1, 0.15) is 11.2 Å². The maximum atomic E-state index is 6.94. The molecule has 0 aliphatic heterocycles. The second-order valence-electron chi connectivity index (χ2n) is 19.7. The third-order valence-electron chi connectivity index (χ3n) is 15.3. The molecular weight excluding hydrogens is 905 g/mol. The van der Waals surface area contributed by atoms with Gasteiger partial charge in [0.15, 0.2) is 0 Å². The van der Waals surface area contributed by atoms with Crippen molar-refractivity contribution in [1.82, 2.24) is 4.57 Å². The molecule has 0 N–H and O–H groups in total. The molecule has 0 aliphatic carbocycles. The number of rotatable bonds is 8. The zero-order chi connectivity index (χ0) is 48.9. The van der Waals surface area contributed by atoms with Crippen molar-refractivity contribution >= 4 is 119 Å². The fraction of sp³-hybridized carbons (Fsp3) is 0.0580. The van der Waals surface area contributed by atoms with Crippen LogP contribution >= 0.6 is 11.3 Å². The molecule has 3 heterocycles. The van der Waals surface area contributed by atoms with Crippen LogP contribution in [-0.2, 0) is 0 Å². The third-order valence-corrected chi connectivity index (χ3v) is 16.4. The van der Waals surface area contributed by atoms with Crippen LogP contribution < -0.4 is 0 Å². The Hall–Kier alpha value is -8.83. The second kappa shape index (κ2) is 16.9. The first-order chi connectivity index (χ1) is 35.8. The van der Waals surface area contributed by atoms with Gasteiger partial charge in [-0.25, -0.2) is 0 Å². The highest BCUT2D eigenvalue weighted by Gasteiger charge is 2.25. The van der Waals surface area contributed by atoms with Crippen LogP contribution in [0.3, 0.4) is 0 Å². The maximum Gasteiger partial charge on any atom is 0.136 e. The van der Waals surface area contributed by atoms with Crippen molar-refractivity contribution in [2.45, 2.75) is 26.8 Å². The van der Waals surface area contributed by atoms with Crippen LogP contribution in [0.25, 0.3) is 119 Å². The Morgan fingerprint density at radius 3 is 1.63 bits per heavy atom. The number of fused-ring (bicyclic) bond motifs is 12. The van der Waals surface area contributed by atoms with Gasteiger partial charge in [-0.1, -0.05) is 164 Å². The minimum absolute atomic E-state index is 0.356. The molecular formula is C69H48N2OS. The zero-order valence-electron chi connectivity index (χ0n) is 40.8. The summed E-state index contributed by atoms with van der Waals surface area (Å²) in [7, 11) is 0. The number of aromatic nitrogens is 1. The summed E-state index contributed by atoms with van der Waals surface area (Å²) in [5.41, 5.74) is 14.6. The van der Waals surface area contributed by atoms with Gasteiger partial charge >= 0.3 is 0 Å². The largest absolute Gasteiger partial charge is 0.456 e. The lowest BCUT2D eigenvalue weighted by atomic mass is 9.91. The van der Waals surface area contributed by atoms with E-state index in [9.17, 15) is 0 Å². The van der Waals surface area contributed by atoms with Crippen molar-refractivity contribution < 1.29 is 4.42 Å². The fourth-order valence-corrected chi connectivity index (χ4v) is 12.5. The molecule has 0 radical (unpaired) electrons. The smallest absolute Gasteiger partial charge is 0.136 e. The Morgan fingerprint density at radius 2 is 0.986 bits per heavy atom. The van der Waals surface area contributed by atoms with Gasteiger partial charge < -0.3 is 8.98 Å². The number of allylic oxidation sites excluding steroid dienone is 2. The standard InChI is InChI=1S/C69H48N2OS/c1-41(2)68(70-69(53-30-31-55-54-24-14-15-25-66(54)73-67(55)38-53)43(4)42(3)44-26-28-46(29-27-44)45-16-6-5-7-17-45)60-40-65-59(58-34-49-20-10-13-23-52(49)37-64(58)72-65)39-63(60)71-61-35-50-21-11-8-18-47(50)32-56(61)57-33-48-19-9-12-22-51(48)36-62(57)71/h5-40,69H,1H2,2-4H3/b43-42+,70-68?. The van der Waals surface area contributed by atoms with Gasteiger partial charge in [-0.3, -0.25) is 4.99 Å². The SMILES string of the molecule is C=C(C)C(=NC(/C(C)=C(\C)c1ccc(-c2ccccc2)cc1)c1ccc2c(c1)sc1ccccc12)c1cc2oc3cc4ccccc4cc3c2cc1-n1c2cc3ccccc3cc2c2cc3ccccc3cc21. The molecule has 1 atom stereocenters. The molecule has 0 spiro atoms. The fourth-order valence-electron chi connectivity index (χ4n) is 11.4. The average molecular weight is 953 g/mol. The van der Waals surface area contributed by atoms with Crippen LogP contribution in [0.2, 0.25) is 0 Å². The number of benzene rings is 11. The van der Waals surface area contributed by atoms with Crippen LogP contribution in [0.5, 0.6) is 0 Å². The topological polar surface area (TPSA) is 30.4 Å². The highest BCUT2D eigenvalue weighted by molar-refractivity contribution is 7.25.